The van der Waals surface area contributed by atoms with Crippen LogP contribution in [0.15, 0.2) is 36.4 Å². The summed E-state index contributed by atoms with van der Waals surface area (Å²) in [5.74, 6) is 1.51. The lowest BCUT2D eigenvalue weighted by Gasteiger charge is -2.07. The fourth-order valence-corrected chi connectivity index (χ4v) is 2.31. The summed E-state index contributed by atoms with van der Waals surface area (Å²) in [6.07, 6.45) is 0. The van der Waals surface area contributed by atoms with Crippen LogP contribution < -0.4 is 9.47 Å². The molecule has 0 fully saturated rings. The SMILES string of the molecule is COc1ccc(-c2n[nH]c(-c3cc([N+](=O)[O-])ccc3O)n2)cc1OC. The van der Waals surface area contributed by atoms with Crippen LogP contribution in [0.25, 0.3) is 22.8 Å². The van der Waals surface area contributed by atoms with Gasteiger partial charge >= 0.3 is 0 Å². The quantitative estimate of drug-likeness (QED) is 0.539. The van der Waals surface area contributed by atoms with Crippen molar-refractivity contribution in [2.75, 3.05) is 14.2 Å². The van der Waals surface area contributed by atoms with E-state index in [4.69, 9.17) is 9.47 Å². The molecule has 0 saturated carbocycles. The highest BCUT2D eigenvalue weighted by Gasteiger charge is 2.16. The zero-order valence-corrected chi connectivity index (χ0v) is 13.4. The van der Waals surface area contributed by atoms with Crippen LogP contribution >= 0.6 is 0 Å². The van der Waals surface area contributed by atoms with Gasteiger partial charge in [-0.3, -0.25) is 15.2 Å². The fraction of sp³-hybridized carbons (Fsp3) is 0.125. The Morgan fingerprint density at radius 2 is 1.88 bits per heavy atom. The molecule has 0 spiro atoms. The first-order valence-electron chi connectivity index (χ1n) is 7.16. The largest absolute Gasteiger partial charge is 0.507 e. The van der Waals surface area contributed by atoms with Crippen molar-refractivity contribution in [3.8, 4) is 40.0 Å². The van der Waals surface area contributed by atoms with E-state index in [1.165, 1.54) is 32.4 Å². The number of H-pyrrole nitrogens is 1. The number of nitrogens with one attached hydrogen (secondary N) is 1. The average molecular weight is 342 g/mol. The number of aromatic nitrogens is 3. The summed E-state index contributed by atoms with van der Waals surface area (Å²) in [6.45, 7) is 0. The van der Waals surface area contributed by atoms with Crippen LogP contribution in [0.3, 0.4) is 0 Å². The minimum absolute atomic E-state index is 0.138. The van der Waals surface area contributed by atoms with Gasteiger partial charge in [-0.1, -0.05) is 0 Å². The fourth-order valence-electron chi connectivity index (χ4n) is 2.31. The number of rotatable bonds is 5. The van der Waals surface area contributed by atoms with Crippen LogP contribution in [-0.4, -0.2) is 39.4 Å². The second-order valence-corrected chi connectivity index (χ2v) is 5.04. The van der Waals surface area contributed by atoms with Crippen molar-refractivity contribution >= 4 is 5.69 Å². The molecule has 0 bridgehead atoms. The van der Waals surface area contributed by atoms with Gasteiger partial charge in [0.05, 0.1) is 24.7 Å². The van der Waals surface area contributed by atoms with Gasteiger partial charge < -0.3 is 14.6 Å². The third-order valence-corrected chi connectivity index (χ3v) is 3.57. The third kappa shape index (κ3) is 3.07. The summed E-state index contributed by atoms with van der Waals surface area (Å²) in [4.78, 5) is 14.7. The van der Waals surface area contributed by atoms with Crippen molar-refractivity contribution in [3.05, 3.63) is 46.5 Å². The number of hydrogen-bond donors (Lipinski definition) is 2. The van der Waals surface area contributed by atoms with Crippen LogP contribution in [0.4, 0.5) is 5.69 Å². The number of hydrogen-bond acceptors (Lipinski definition) is 7. The summed E-state index contributed by atoms with van der Waals surface area (Å²) >= 11 is 0. The van der Waals surface area contributed by atoms with Gasteiger partial charge in [0.15, 0.2) is 23.1 Å². The Hall–Kier alpha value is -3.62. The zero-order valence-electron chi connectivity index (χ0n) is 13.4. The summed E-state index contributed by atoms with van der Waals surface area (Å²) in [5, 5.41) is 27.6. The Kier molecular flexibility index (Phi) is 4.21. The topological polar surface area (TPSA) is 123 Å². The normalized spacial score (nSPS) is 10.5. The van der Waals surface area contributed by atoms with E-state index in [1.807, 2.05) is 0 Å². The molecule has 1 heterocycles. The summed E-state index contributed by atoms with van der Waals surface area (Å²) in [5.41, 5.74) is 0.690. The van der Waals surface area contributed by atoms with E-state index in [2.05, 4.69) is 15.2 Å². The maximum absolute atomic E-state index is 10.9. The molecule has 0 atom stereocenters. The minimum Gasteiger partial charge on any atom is -0.507 e. The predicted molar refractivity (Wildman–Crippen MR) is 88.7 cm³/mol. The van der Waals surface area contributed by atoms with Gasteiger partial charge in [0.2, 0.25) is 0 Å². The van der Waals surface area contributed by atoms with Crippen LogP contribution in [0.1, 0.15) is 0 Å². The Balaban J connectivity index is 2.01. The molecule has 9 heteroatoms. The number of phenols is 1. The van der Waals surface area contributed by atoms with Crippen molar-refractivity contribution in [3.63, 3.8) is 0 Å². The predicted octanol–water partition coefficient (Wildman–Crippen LogP) is 2.77. The molecule has 0 aliphatic heterocycles. The van der Waals surface area contributed by atoms with E-state index >= 15 is 0 Å². The van der Waals surface area contributed by atoms with Crippen molar-refractivity contribution in [2.24, 2.45) is 0 Å². The Labute approximate surface area is 142 Å². The highest BCUT2D eigenvalue weighted by molar-refractivity contribution is 5.69. The number of aromatic hydroxyl groups is 1. The van der Waals surface area contributed by atoms with Gasteiger partial charge in [0.1, 0.15) is 5.75 Å². The minimum atomic E-state index is -0.547. The van der Waals surface area contributed by atoms with Gasteiger partial charge in [-0.15, -0.1) is 0 Å². The lowest BCUT2D eigenvalue weighted by atomic mass is 10.1. The van der Waals surface area contributed by atoms with Gasteiger partial charge in [0, 0.05) is 17.7 Å². The van der Waals surface area contributed by atoms with E-state index in [1.54, 1.807) is 18.2 Å². The van der Waals surface area contributed by atoms with Crippen molar-refractivity contribution in [1.29, 1.82) is 0 Å². The smallest absolute Gasteiger partial charge is 0.270 e. The zero-order chi connectivity index (χ0) is 18.0. The number of methoxy groups -OCH3 is 2. The van der Waals surface area contributed by atoms with E-state index in [-0.39, 0.29) is 22.8 Å². The van der Waals surface area contributed by atoms with E-state index in [9.17, 15) is 15.2 Å². The molecule has 0 unspecified atom stereocenters. The number of nitro benzene ring substituents is 1. The number of aromatic amines is 1. The third-order valence-electron chi connectivity index (χ3n) is 3.57. The summed E-state index contributed by atoms with van der Waals surface area (Å²) in [6, 6.07) is 8.86. The molecule has 1 aromatic heterocycles. The molecule has 0 radical (unpaired) electrons. The molecule has 2 aromatic carbocycles. The number of nitro groups is 1. The number of non-ortho nitro benzene ring substituents is 1. The summed E-state index contributed by atoms with van der Waals surface area (Å²) in [7, 11) is 3.06. The Bertz CT molecular complexity index is 938. The van der Waals surface area contributed by atoms with Gasteiger partial charge in [-0.05, 0) is 24.3 Å². The standard InChI is InChI=1S/C16H14N4O5/c1-24-13-6-3-9(7-14(13)25-2)15-17-16(19-18-15)11-8-10(20(22)23)4-5-12(11)21/h3-8,21H,1-2H3,(H,17,18,19). The first-order valence-corrected chi connectivity index (χ1v) is 7.16. The Morgan fingerprint density at radius 3 is 2.56 bits per heavy atom. The van der Waals surface area contributed by atoms with Crippen LogP contribution in [0, 0.1) is 10.1 Å². The highest BCUT2D eigenvalue weighted by atomic mass is 16.6. The van der Waals surface area contributed by atoms with Gasteiger partial charge in [-0.2, -0.15) is 5.10 Å². The van der Waals surface area contributed by atoms with Crippen LogP contribution in [-0.2, 0) is 0 Å². The van der Waals surface area contributed by atoms with Crippen molar-refractivity contribution in [1.82, 2.24) is 15.2 Å². The van der Waals surface area contributed by atoms with E-state index in [0.29, 0.717) is 22.9 Å². The van der Waals surface area contributed by atoms with Crippen LogP contribution in [0.2, 0.25) is 0 Å². The number of benzene rings is 2. The summed E-state index contributed by atoms with van der Waals surface area (Å²) < 4.78 is 10.4. The molecule has 0 aliphatic rings. The molecule has 3 aromatic rings. The number of ether oxygens (including phenoxy) is 2. The van der Waals surface area contributed by atoms with Crippen molar-refractivity contribution in [2.45, 2.75) is 0 Å². The molecule has 25 heavy (non-hydrogen) atoms. The lowest BCUT2D eigenvalue weighted by molar-refractivity contribution is -0.384. The maximum Gasteiger partial charge on any atom is 0.270 e. The van der Waals surface area contributed by atoms with Crippen LogP contribution in [0.5, 0.6) is 17.2 Å². The average Bonchev–Trinajstić information content (AvgIpc) is 3.11. The van der Waals surface area contributed by atoms with E-state index in [0.717, 1.165) is 0 Å². The molecular weight excluding hydrogens is 328 g/mol. The van der Waals surface area contributed by atoms with E-state index < -0.39 is 4.92 Å². The number of phenolic OH excluding ortho intramolecular Hbond substituents is 1. The first kappa shape index (κ1) is 16.2. The lowest BCUT2D eigenvalue weighted by Crippen LogP contribution is -1.91. The molecule has 0 saturated heterocycles. The molecule has 9 nitrogen and oxygen atoms in total. The molecule has 2 N–H and O–H groups in total. The number of nitrogens with zero attached hydrogens (tertiary/aromatic N) is 3. The van der Waals surface area contributed by atoms with Gasteiger partial charge in [-0.25, -0.2) is 4.98 Å². The van der Waals surface area contributed by atoms with Crippen molar-refractivity contribution < 1.29 is 19.5 Å². The molecule has 0 amide bonds. The monoisotopic (exact) mass is 342 g/mol. The molecule has 3 rings (SSSR count). The highest BCUT2D eigenvalue weighted by Crippen LogP contribution is 2.33. The molecule has 128 valence electrons. The molecule has 0 aliphatic carbocycles. The first-order chi connectivity index (χ1) is 12.0. The second-order valence-electron chi connectivity index (χ2n) is 5.04. The molecular formula is C16H14N4O5. The van der Waals surface area contributed by atoms with Gasteiger partial charge in [0.25, 0.3) is 5.69 Å². The maximum atomic E-state index is 10.9. The Morgan fingerprint density at radius 1 is 1.12 bits per heavy atom. The second kappa shape index (κ2) is 6.48.